The molecule has 1 fully saturated rings. The van der Waals surface area contributed by atoms with Gasteiger partial charge in [0.2, 0.25) is 0 Å². The molecular formula is C48H88O9. The number of allylic oxidation sites excluding steroid dienone is 6. The van der Waals surface area contributed by atoms with Crippen molar-refractivity contribution in [2.75, 3.05) is 26.4 Å². The SMILES string of the molecule is CCCCCCC/C=C\C/C=C\C/C=C\CCCCCCCCCCCCC(=O)OC(COCCCCCCCCCCC)COC1OC(CO)C(O)C(O)C1O. The number of carbonyl (C=O) groups excluding carboxylic acids is 1. The third-order valence-electron chi connectivity index (χ3n) is 10.8. The van der Waals surface area contributed by atoms with E-state index < -0.39 is 43.4 Å². The third-order valence-corrected chi connectivity index (χ3v) is 10.8. The Balaban J connectivity index is 2.16. The minimum atomic E-state index is -1.53. The molecule has 1 saturated heterocycles. The van der Waals surface area contributed by atoms with Crippen molar-refractivity contribution in [3.8, 4) is 0 Å². The second-order valence-electron chi connectivity index (χ2n) is 16.2. The standard InChI is InChI=1S/C48H88O9/c1-3-5-7-9-11-13-14-15-16-17-18-19-20-21-22-23-24-25-26-27-28-29-31-33-35-37-44(50)56-42(40-54-38-36-34-32-30-12-10-8-6-4-2)41-55-48-47(53)46(52)45(51)43(39-49)57-48/h14-15,17-18,20-21,42-43,45-49,51-53H,3-13,16,19,22-41H2,1-2H3/b15-14-,18-17-,21-20-. The minimum Gasteiger partial charge on any atom is -0.457 e. The fourth-order valence-corrected chi connectivity index (χ4v) is 7.09. The molecule has 0 saturated carbocycles. The summed E-state index contributed by atoms with van der Waals surface area (Å²) in [5.74, 6) is -0.318. The lowest BCUT2D eigenvalue weighted by atomic mass is 9.99. The van der Waals surface area contributed by atoms with Crippen LogP contribution in [-0.4, -0.2) is 89.6 Å². The van der Waals surface area contributed by atoms with Crippen molar-refractivity contribution < 1.29 is 44.2 Å². The molecule has 1 heterocycles. The van der Waals surface area contributed by atoms with Crippen LogP contribution in [0, 0.1) is 0 Å². The second kappa shape index (κ2) is 39.8. The van der Waals surface area contributed by atoms with Crippen molar-refractivity contribution in [1.29, 1.82) is 0 Å². The van der Waals surface area contributed by atoms with Crippen LogP contribution in [0.5, 0.6) is 0 Å². The number of aliphatic hydroxyl groups is 4. The molecule has 1 aliphatic heterocycles. The summed E-state index contributed by atoms with van der Waals surface area (Å²) in [6.07, 6.45) is 40.4. The van der Waals surface area contributed by atoms with Crippen molar-refractivity contribution in [2.24, 2.45) is 0 Å². The van der Waals surface area contributed by atoms with E-state index in [-0.39, 0.29) is 19.2 Å². The Morgan fingerprint density at radius 2 is 1.02 bits per heavy atom. The number of esters is 1. The van der Waals surface area contributed by atoms with Gasteiger partial charge in [-0.05, 0) is 51.4 Å². The molecule has 6 unspecified atom stereocenters. The van der Waals surface area contributed by atoms with E-state index in [1.807, 2.05) is 0 Å². The maximum atomic E-state index is 12.8. The van der Waals surface area contributed by atoms with Gasteiger partial charge in [0.05, 0.1) is 19.8 Å². The van der Waals surface area contributed by atoms with E-state index >= 15 is 0 Å². The number of hydrogen-bond donors (Lipinski definition) is 4. The van der Waals surface area contributed by atoms with Gasteiger partial charge in [-0.2, -0.15) is 0 Å². The number of ether oxygens (including phenoxy) is 4. The van der Waals surface area contributed by atoms with E-state index in [0.717, 1.165) is 44.9 Å². The first-order valence-corrected chi connectivity index (χ1v) is 23.6. The molecule has 0 aromatic carbocycles. The maximum Gasteiger partial charge on any atom is 0.306 e. The molecule has 9 heteroatoms. The maximum absolute atomic E-state index is 12.8. The average Bonchev–Trinajstić information content (AvgIpc) is 3.21. The smallest absolute Gasteiger partial charge is 0.306 e. The molecule has 0 spiro atoms. The molecule has 6 atom stereocenters. The lowest BCUT2D eigenvalue weighted by molar-refractivity contribution is -0.305. The molecule has 0 aromatic rings. The molecule has 1 aliphatic rings. The van der Waals surface area contributed by atoms with Crippen molar-refractivity contribution in [3.05, 3.63) is 36.5 Å². The molecule has 0 radical (unpaired) electrons. The zero-order valence-electron chi connectivity index (χ0n) is 36.6. The Labute approximate surface area is 349 Å². The average molecular weight is 809 g/mol. The molecule has 4 N–H and O–H groups in total. The normalized spacial score (nSPS) is 20.7. The summed E-state index contributed by atoms with van der Waals surface area (Å²) in [5.41, 5.74) is 0. The number of hydrogen-bond acceptors (Lipinski definition) is 9. The molecule has 334 valence electrons. The van der Waals surface area contributed by atoms with E-state index in [1.165, 1.54) is 135 Å². The molecule has 0 bridgehead atoms. The van der Waals surface area contributed by atoms with Crippen LogP contribution in [0.3, 0.4) is 0 Å². The van der Waals surface area contributed by atoms with Crippen LogP contribution in [0.25, 0.3) is 0 Å². The highest BCUT2D eigenvalue weighted by Crippen LogP contribution is 2.22. The van der Waals surface area contributed by atoms with Gasteiger partial charge in [0.1, 0.15) is 30.5 Å². The van der Waals surface area contributed by atoms with Crippen molar-refractivity contribution in [2.45, 2.75) is 237 Å². The Kier molecular flexibility index (Phi) is 37.4. The molecule has 0 amide bonds. The van der Waals surface area contributed by atoms with Gasteiger partial charge in [-0.3, -0.25) is 4.79 Å². The Bertz CT molecular complexity index is 968. The monoisotopic (exact) mass is 809 g/mol. The molecular weight excluding hydrogens is 721 g/mol. The summed E-state index contributed by atoms with van der Waals surface area (Å²) < 4.78 is 22.8. The number of aliphatic hydroxyl groups excluding tert-OH is 4. The number of rotatable bonds is 40. The summed E-state index contributed by atoms with van der Waals surface area (Å²) in [7, 11) is 0. The number of carbonyl (C=O) groups is 1. The Hall–Kier alpha value is -1.59. The summed E-state index contributed by atoms with van der Waals surface area (Å²) in [5, 5.41) is 40.0. The van der Waals surface area contributed by atoms with E-state index in [4.69, 9.17) is 18.9 Å². The molecule has 1 rings (SSSR count). The van der Waals surface area contributed by atoms with Gasteiger partial charge in [-0.25, -0.2) is 0 Å². The predicted molar refractivity (Wildman–Crippen MR) is 233 cm³/mol. The Morgan fingerprint density at radius 3 is 1.53 bits per heavy atom. The zero-order valence-corrected chi connectivity index (χ0v) is 36.6. The summed E-state index contributed by atoms with van der Waals surface area (Å²) in [6, 6.07) is 0. The predicted octanol–water partition coefficient (Wildman–Crippen LogP) is 10.8. The van der Waals surface area contributed by atoms with Gasteiger partial charge in [0, 0.05) is 13.0 Å². The van der Waals surface area contributed by atoms with Gasteiger partial charge in [0.15, 0.2) is 6.29 Å². The van der Waals surface area contributed by atoms with Crippen LogP contribution >= 0.6 is 0 Å². The van der Waals surface area contributed by atoms with Crippen molar-refractivity contribution in [3.63, 3.8) is 0 Å². The fraction of sp³-hybridized carbons (Fsp3) is 0.854. The Morgan fingerprint density at radius 1 is 0.561 bits per heavy atom. The topological polar surface area (TPSA) is 135 Å². The van der Waals surface area contributed by atoms with Crippen LogP contribution in [0.15, 0.2) is 36.5 Å². The highest BCUT2D eigenvalue weighted by atomic mass is 16.7. The molecule has 0 aromatic heterocycles. The molecule has 9 nitrogen and oxygen atoms in total. The van der Waals surface area contributed by atoms with Gasteiger partial charge < -0.3 is 39.4 Å². The van der Waals surface area contributed by atoms with Crippen LogP contribution in [0.2, 0.25) is 0 Å². The minimum absolute atomic E-state index is 0.113. The number of unbranched alkanes of at least 4 members (excludes halogenated alkanes) is 23. The van der Waals surface area contributed by atoms with Crippen molar-refractivity contribution >= 4 is 5.97 Å². The largest absolute Gasteiger partial charge is 0.457 e. The van der Waals surface area contributed by atoms with E-state index in [1.54, 1.807) is 0 Å². The fourth-order valence-electron chi connectivity index (χ4n) is 7.09. The first kappa shape index (κ1) is 53.4. The van der Waals surface area contributed by atoms with Gasteiger partial charge >= 0.3 is 5.97 Å². The van der Waals surface area contributed by atoms with Crippen LogP contribution in [0.1, 0.15) is 200 Å². The molecule has 0 aliphatic carbocycles. The van der Waals surface area contributed by atoms with Crippen LogP contribution in [-0.2, 0) is 23.7 Å². The van der Waals surface area contributed by atoms with Gasteiger partial charge in [-0.15, -0.1) is 0 Å². The highest BCUT2D eigenvalue weighted by molar-refractivity contribution is 5.69. The summed E-state index contributed by atoms with van der Waals surface area (Å²) >= 11 is 0. The summed E-state index contributed by atoms with van der Waals surface area (Å²) in [4.78, 5) is 12.8. The first-order chi connectivity index (χ1) is 27.9. The lowest BCUT2D eigenvalue weighted by Crippen LogP contribution is -2.59. The van der Waals surface area contributed by atoms with Gasteiger partial charge in [0.25, 0.3) is 0 Å². The van der Waals surface area contributed by atoms with Gasteiger partial charge in [-0.1, -0.05) is 179 Å². The third kappa shape index (κ3) is 31.0. The van der Waals surface area contributed by atoms with E-state index in [2.05, 4.69) is 50.3 Å². The first-order valence-electron chi connectivity index (χ1n) is 23.6. The highest BCUT2D eigenvalue weighted by Gasteiger charge is 2.44. The van der Waals surface area contributed by atoms with Crippen LogP contribution in [0.4, 0.5) is 0 Å². The summed E-state index contributed by atoms with van der Waals surface area (Å²) in [6.45, 7) is 4.54. The van der Waals surface area contributed by atoms with E-state index in [9.17, 15) is 25.2 Å². The van der Waals surface area contributed by atoms with Crippen LogP contribution < -0.4 is 0 Å². The van der Waals surface area contributed by atoms with E-state index in [0.29, 0.717) is 13.0 Å². The second-order valence-corrected chi connectivity index (χ2v) is 16.2. The molecule has 57 heavy (non-hydrogen) atoms. The lowest BCUT2D eigenvalue weighted by Gasteiger charge is -2.39. The van der Waals surface area contributed by atoms with Crippen molar-refractivity contribution in [1.82, 2.24) is 0 Å². The quantitative estimate of drug-likeness (QED) is 0.0271. The zero-order chi connectivity index (χ0) is 41.4.